The smallest absolute Gasteiger partial charge is 0.260 e. The number of nitro groups is 1. The molecule has 1 N–H and O–H groups in total. The second-order valence-electron chi connectivity index (χ2n) is 6.00. The fraction of sp³-hybridized carbons (Fsp3) is 0. The van der Waals surface area contributed by atoms with Crippen molar-refractivity contribution in [3.8, 4) is 0 Å². The highest BCUT2D eigenvalue weighted by atomic mass is 79.9. The molecule has 0 unspecified atom stereocenters. The Labute approximate surface area is 167 Å². The van der Waals surface area contributed by atoms with Crippen molar-refractivity contribution in [2.75, 3.05) is 0 Å². The minimum Gasteiger partial charge on any atom is -0.260 e. The van der Waals surface area contributed by atoms with Crippen molar-refractivity contribution in [1.82, 2.24) is 5.43 Å². The third-order valence-electron chi connectivity index (χ3n) is 4.19. The first-order valence-electron chi connectivity index (χ1n) is 8.24. The molecule has 0 aliphatic carbocycles. The van der Waals surface area contributed by atoms with E-state index in [1.54, 1.807) is 24.3 Å². The summed E-state index contributed by atoms with van der Waals surface area (Å²) in [6, 6.07) is 17.7. The summed E-state index contributed by atoms with van der Waals surface area (Å²) < 4.78 is 14.1. The van der Waals surface area contributed by atoms with Crippen LogP contribution in [0.15, 0.2) is 81.3 Å². The van der Waals surface area contributed by atoms with Gasteiger partial charge >= 0.3 is 0 Å². The van der Waals surface area contributed by atoms with Gasteiger partial charge in [0.2, 0.25) is 0 Å². The number of hydrogen-bond acceptors (Lipinski definition) is 5. The number of rotatable bonds is 3. The Kier molecular flexibility index (Phi) is 4.70. The summed E-state index contributed by atoms with van der Waals surface area (Å²) in [6.45, 7) is 0. The molecule has 6 nitrogen and oxygen atoms in total. The molecule has 1 heterocycles. The van der Waals surface area contributed by atoms with E-state index in [1.807, 2.05) is 18.2 Å². The number of fused-ring (bicyclic) bond motifs is 1. The first kappa shape index (κ1) is 18.0. The van der Waals surface area contributed by atoms with Crippen LogP contribution in [-0.2, 0) is 0 Å². The number of halogens is 2. The molecule has 138 valence electrons. The maximum absolute atomic E-state index is 13.2. The molecule has 3 aromatic rings. The topological polar surface area (TPSA) is 79.9 Å². The van der Waals surface area contributed by atoms with Crippen LogP contribution >= 0.6 is 15.9 Å². The van der Waals surface area contributed by atoms with Gasteiger partial charge in [0.15, 0.2) is 5.84 Å². The second-order valence-corrected chi connectivity index (χ2v) is 6.92. The minimum atomic E-state index is -0.447. The Bertz CT molecular complexity index is 1130. The lowest BCUT2D eigenvalue weighted by Gasteiger charge is -2.08. The summed E-state index contributed by atoms with van der Waals surface area (Å²) in [5.74, 6) is 0.137. The molecule has 0 saturated heterocycles. The van der Waals surface area contributed by atoms with Crippen LogP contribution in [-0.4, -0.2) is 16.5 Å². The third kappa shape index (κ3) is 3.54. The SMILES string of the molecule is O=[N+]([O-])c1ccc(C2=NNC(c3ccc(F)cc3)=Nc3ccc(Br)cc32)cc1. The molecule has 1 aliphatic heterocycles. The quantitative estimate of drug-likeness (QED) is 0.464. The molecule has 0 aromatic heterocycles. The summed E-state index contributed by atoms with van der Waals surface area (Å²) in [7, 11) is 0. The standard InChI is InChI=1S/C20H12BrFN4O2/c21-14-5-10-18-17(11-14)19(12-3-8-16(9-4-12)26(27)28)24-25-20(23-18)13-1-6-15(22)7-2-13/h1-11H,(H,23,25). The highest BCUT2D eigenvalue weighted by Crippen LogP contribution is 2.29. The lowest BCUT2D eigenvalue weighted by Crippen LogP contribution is -2.19. The average Bonchev–Trinajstić information content (AvgIpc) is 2.88. The number of hydrogen-bond donors (Lipinski definition) is 1. The van der Waals surface area contributed by atoms with E-state index < -0.39 is 4.92 Å². The summed E-state index contributed by atoms with van der Waals surface area (Å²) in [5.41, 5.74) is 6.34. The maximum Gasteiger partial charge on any atom is 0.269 e. The molecule has 8 heteroatoms. The summed E-state index contributed by atoms with van der Waals surface area (Å²) in [6.07, 6.45) is 0. The van der Waals surface area contributed by atoms with E-state index in [2.05, 4.69) is 31.4 Å². The zero-order chi connectivity index (χ0) is 19.7. The fourth-order valence-electron chi connectivity index (χ4n) is 2.81. The number of hydrazone groups is 1. The van der Waals surface area contributed by atoms with Crippen LogP contribution in [0.2, 0.25) is 0 Å². The van der Waals surface area contributed by atoms with Crippen LogP contribution in [0.4, 0.5) is 15.8 Å². The molecular formula is C20H12BrFN4O2. The molecule has 0 fully saturated rings. The second kappa shape index (κ2) is 7.32. The zero-order valence-electron chi connectivity index (χ0n) is 14.3. The van der Waals surface area contributed by atoms with Crippen molar-refractivity contribution in [2.24, 2.45) is 10.1 Å². The van der Waals surface area contributed by atoms with E-state index >= 15 is 0 Å². The number of nitro benzene ring substituents is 1. The van der Waals surface area contributed by atoms with Gasteiger partial charge in [0.25, 0.3) is 5.69 Å². The fourth-order valence-corrected chi connectivity index (χ4v) is 3.17. The van der Waals surface area contributed by atoms with Crippen LogP contribution in [0, 0.1) is 15.9 Å². The van der Waals surface area contributed by atoms with Gasteiger partial charge in [-0.1, -0.05) is 15.9 Å². The van der Waals surface area contributed by atoms with Crippen molar-refractivity contribution in [2.45, 2.75) is 0 Å². The number of nitrogens with one attached hydrogen (secondary N) is 1. The summed E-state index contributed by atoms with van der Waals surface area (Å²) >= 11 is 3.46. The van der Waals surface area contributed by atoms with E-state index in [9.17, 15) is 14.5 Å². The minimum absolute atomic E-state index is 0.00338. The first-order chi connectivity index (χ1) is 13.5. The van der Waals surface area contributed by atoms with Crippen LogP contribution < -0.4 is 5.43 Å². The molecule has 0 spiro atoms. The predicted octanol–water partition coefficient (Wildman–Crippen LogP) is 4.93. The van der Waals surface area contributed by atoms with E-state index in [0.717, 1.165) is 10.0 Å². The Morgan fingerprint density at radius 3 is 2.32 bits per heavy atom. The normalized spacial score (nSPS) is 12.9. The van der Waals surface area contributed by atoms with E-state index in [4.69, 9.17) is 0 Å². The van der Waals surface area contributed by atoms with Gasteiger partial charge in [0.05, 0.1) is 10.6 Å². The van der Waals surface area contributed by atoms with Crippen LogP contribution in [0.25, 0.3) is 0 Å². The highest BCUT2D eigenvalue weighted by molar-refractivity contribution is 9.10. The number of nitrogens with zero attached hydrogens (tertiary/aromatic N) is 3. The molecule has 0 radical (unpaired) electrons. The molecule has 0 atom stereocenters. The molecule has 4 rings (SSSR count). The van der Waals surface area contributed by atoms with Gasteiger partial charge in [-0.25, -0.2) is 9.38 Å². The lowest BCUT2D eigenvalue weighted by molar-refractivity contribution is -0.384. The van der Waals surface area contributed by atoms with Gasteiger partial charge in [0, 0.05) is 33.3 Å². The van der Waals surface area contributed by atoms with E-state index in [0.29, 0.717) is 28.4 Å². The van der Waals surface area contributed by atoms with Gasteiger partial charge in [-0.2, -0.15) is 5.10 Å². The van der Waals surface area contributed by atoms with Gasteiger partial charge in [-0.15, -0.1) is 0 Å². The van der Waals surface area contributed by atoms with Gasteiger partial charge in [-0.05, 0) is 54.6 Å². The Morgan fingerprint density at radius 2 is 1.64 bits per heavy atom. The Hall–Kier alpha value is -3.39. The number of aliphatic imine (C=N–C) groups is 1. The zero-order valence-corrected chi connectivity index (χ0v) is 15.9. The highest BCUT2D eigenvalue weighted by Gasteiger charge is 2.18. The van der Waals surface area contributed by atoms with Gasteiger partial charge in [0.1, 0.15) is 11.5 Å². The Balaban J connectivity index is 1.82. The van der Waals surface area contributed by atoms with Crippen molar-refractivity contribution < 1.29 is 9.31 Å². The molecule has 3 aromatic carbocycles. The average molecular weight is 439 g/mol. The maximum atomic E-state index is 13.2. The van der Waals surface area contributed by atoms with Crippen LogP contribution in [0.3, 0.4) is 0 Å². The molecular weight excluding hydrogens is 427 g/mol. The van der Waals surface area contributed by atoms with E-state index in [-0.39, 0.29) is 11.5 Å². The van der Waals surface area contributed by atoms with Crippen molar-refractivity contribution >= 4 is 38.9 Å². The monoisotopic (exact) mass is 438 g/mol. The van der Waals surface area contributed by atoms with E-state index in [1.165, 1.54) is 24.3 Å². The summed E-state index contributed by atoms with van der Waals surface area (Å²) in [5, 5.41) is 15.4. The summed E-state index contributed by atoms with van der Waals surface area (Å²) in [4.78, 5) is 15.1. The Morgan fingerprint density at radius 1 is 0.964 bits per heavy atom. The largest absolute Gasteiger partial charge is 0.269 e. The lowest BCUT2D eigenvalue weighted by atomic mass is 10.0. The molecule has 0 amide bonds. The number of benzene rings is 3. The first-order valence-corrected chi connectivity index (χ1v) is 9.03. The third-order valence-corrected chi connectivity index (χ3v) is 4.68. The molecule has 0 saturated carbocycles. The molecule has 0 bridgehead atoms. The van der Waals surface area contributed by atoms with Gasteiger partial charge < -0.3 is 0 Å². The van der Waals surface area contributed by atoms with Crippen molar-refractivity contribution in [3.63, 3.8) is 0 Å². The van der Waals surface area contributed by atoms with Gasteiger partial charge in [-0.3, -0.25) is 15.5 Å². The predicted molar refractivity (Wildman–Crippen MR) is 109 cm³/mol. The van der Waals surface area contributed by atoms with Crippen molar-refractivity contribution in [1.29, 1.82) is 0 Å². The molecule has 28 heavy (non-hydrogen) atoms. The number of non-ortho nitro benzene ring substituents is 1. The van der Waals surface area contributed by atoms with Crippen molar-refractivity contribution in [3.05, 3.63) is 104 Å². The number of amidine groups is 1. The molecule has 1 aliphatic rings. The van der Waals surface area contributed by atoms with Crippen LogP contribution in [0.5, 0.6) is 0 Å². The van der Waals surface area contributed by atoms with Crippen LogP contribution in [0.1, 0.15) is 16.7 Å².